The second kappa shape index (κ2) is 16.9. The third-order valence-electron chi connectivity index (χ3n) is 9.85. The van der Waals surface area contributed by atoms with Gasteiger partial charge in [-0.05, 0) is 73.5 Å². The third-order valence-corrected chi connectivity index (χ3v) is 10.8. The second-order valence-electron chi connectivity index (χ2n) is 13.9. The third kappa shape index (κ3) is 7.98. The molecule has 6 aromatic heterocycles. The van der Waals surface area contributed by atoms with Crippen LogP contribution in [0.1, 0.15) is 46.4 Å². The maximum Gasteiger partial charge on any atom is 0.238 e. The van der Waals surface area contributed by atoms with Gasteiger partial charge in [0.25, 0.3) is 0 Å². The monoisotopic (exact) mass is 932 g/mol. The van der Waals surface area contributed by atoms with Gasteiger partial charge in [-0.3, -0.25) is 0 Å². The van der Waals surface area contributed by atoms with Crippen molar-refractivity contribution < 1.29 is 18.9 Å². The maximum absolute atomic E-state index is 6.02. The first-order valence-corrected chi connectivity index (χ1v) is 20.6. The molecule has 8 heterocycles. The van der Waals surface area contributed by atoms with Crippen LogP contribution >= 0.6 is 31.9 Å². The number of nitrogens with zero attached hydrogens (tertiary/aromatic N) is 12. The zero-order valence-corrected chi connectivity index (χ0v) is 36.1. The van der Waals surface area contributed by atoms with Crippen LogP contribution in [0.25, 0.3) is 34.4 Å². The summed E-state index contributed by atoms with van der Waals surface area (Å²) in [6, 6.07) is 23.7. The van der Waals surface area contributed by atoms with Crippen LogP contribution in [0.5, 0.6) is 11.8 Å². The van der Waals surface area contributed by atoms with Crippen molar-refractivity contribution >= 4 is 31.9 Å². The van der Waals surface area contributed by atoms with Crippen LogP contribution < -0.4 is 9.47 Å². The summed E-state index contributed by atoms with van der Waals surface area (Å²) >= 11 is 7.05. The molecule has 2 aliphatic rings. The lowest BCUT2D eigenvalue weighted by Gasteiger charge is -2.23. The molecule has 0 aliphatic carbocycles. The molecule has 10 rings (SSSR count). The molecule has 8 aromatic rings. The fraction of sp³-hybridized carbons (Fsp3) is 0.238. The van der Waals surface area contributed by atoms with Crippen LogP contribution in [-0.2, 0) is 22.6 Å². The first kappa shape index (κ1) is 39.4. The van der Waals surface area contributed by atoms with Crippen molar-refractivity contribution in [2.75, 3.05) is 27.4 Å². The van der Waals surface area contributed by atoms with E-state index >= 15 is 0 Å². The summed E-state index contributed by atoms with van der Waals surface area (Å²) in [7, 11) is 3.20. The lowest BCUT2D eigenvalue weighted by atomic mass is 10.1. The van der Waals surface area contributed by atoms with Crippen LogP contribution in [0.3, 0.4) is 0 Å². The van der Waals surface area contributed by atoms with Crippen molar-refractivity contribution in [2.45, 2.75) is 39.1 Å². The molecule has 2 atom stereocenters. The van der Waals surface area contributed by atoms with E-state index in [1.165, 1.54) is 0 Å². The molecule has 0 amide bonds. The van der Waals surface area contributed by atoms with Crippen LogP contribution in [0.2, 0.25) is 0 Å². The Morgan fingerprint density at radius 2 is 1.05 bits per heavy atom. The first-order valence-electron chi connectivity index (χ1n) is 19.0. The molecule has 0 spiro atoms. The summed E-state index contributed by atoms with van der Waals surface area (Å²) < 4.78 is 32.6. The van der Waals surface area contributed by atoms with Gasteiger partial charge in [-0.25, -0.2) is 39.3 Å². The minimum Gasteiger partial charge on any atom is -0.479 e. The van der Waals surface area contributed by atoms with Gasteiger partial charge in [0, 0.05) is 21.3 Å². The number of rotatable bonds is 8. The molecule has 0 bridgehead atoms. The standard InChI is InChI=1S/2C21H19BrN6O2/c2*1-13-11-27(12-23-13)17-7-6-16(24-21(17)29-2)19-25-20-18(30-9-8-28(20)26-19)14-4-3-5-15(22)10-14/h2*3-7,10-12,18H,8-9H2,1-2H3/t2*18-/m10/s1. The number of hydrogen-bond acceptors (Lipinski definition) is 12. The van der Waals surface area contributed by atoms with Gasteiger partial charge in [-0.2, -0.15) is 0 Å². The molecule has 0 fully saturated rings. The number of methoxy groups -OCH3 is 2. The lowest BCUT2D eigenvalue weighted by Crippen LogP contribution is -2.23. The van der Waals surface area contributed by atoms with E-state index in [2.05, 4.69) is 62.0 Å². The van der Waals surface area contributed by atoms with E-state index in [1.54, 1.807) is 26.9 Å². The van der Waals surface area contributed by atoms with Crippen molar-refractivity contribution in [2.24, 2.45) is 0 Å². The van der Waals surface area contributed by atoms with E-state index in [4.69, 9.17) is 28.9 Å². The largest absolute Gasteiger partial charge is 0.479 e. The predicted molar refractivity (Wildman–Crippen MR) is 227 cm³/mol. The fourth-order valence-electron chi connectivity index (χ4n) is 7.05. The average molecular weight is 935 g/mol. The van der Waals surface area contributed by atoms with E-state index in [0.29, 0.717) is 61.1 Å². The van der Waals surface area contributed by atoms with Gasteiger partial charge in [-0.15, -0.1) is 10.2 Å². The predicted octanol–water partition coefficient (Wildman–Crippen LogP) is 7.45. The van der Waals surface area contributed by atoms with E-state index in [-0.39, 0.29) is 12.2 Å². The summed E-state index contributed by atoms with van der Waals surface area (Å²) in [5.41, 5.74) is 6.79. The average Bonchev–Trinajstić information content (AvgIpc) is 4.10. The Kier molecular flexibility index (Phi) is 11.1. The van der Waals surface area contributed by atoms with Gasteiger partial charge >= 0.3 is 0 Å². The van der Waals surface area contributed by atoms with Crippen LogP contribution in [0.15, 0.2) is 107 Å². The van der Waals surface area contributed by atoms with Gasteiger partial charge in [0.05, 0.1) is 64.6 Å². The Bertz CT molecular complexity index is 2630. The minimum atomic E-state index is -0.271. The molecule has 0 saturated heterocycles. The molecule has 2 aromatic carbocycles. The van der Waals surface area contributed by atoms with E-state index in [0.717, 1.165) is 54.5 Å². The number of benzene rings is 2. The van der Waals surface area contributed by atoms with Gasteiger partial charge in [0.15, 0.2) is 23.3 Å². The number of ether oxygens (including phenoxy) is 4. The van der Waals surface area contributed by atoms with Crippen molar-refractivity contribution in [3.8, 4) is 46.2 Å². The normalized spacial score (nSPS) is 15.8. The summed E-state index contributed by atoms with van der Waals surface area (Å²) in [6.07, 6.45) is 6.78. The Morgan fingerprint density at radius 3 is 1.43 bits per heavy atom. The Labute approximate surface area is 361 Å². The van der Waals surface area contributed by atoms with Crippen LogP contribution in [0, 0.1) is 13.8 Å². The highest BCUT2D eigenvalue weighted by Crippen LogP contribution is 2.34. The number of aromatic nitrogens is 12. The Balaban J connectivity index is 0.000000154. The zero-order valence-electron chi connectivity index (χ0n) is 33.0. The van der Waals surface area contributed by atoms with Crippen LogP contribution in [-0.4, -0.2) is 86.0 Å². The molecule has 0 unspecified atom stereocenters. The number of fused-ring (bicyclic) bond motifs is 2. The van der Waals surface area contributed by atoms with Crippen molar-refractivity contribution in [3.05, 3.63) is 141 Å². The van der Waals surface area contributed by atoms with E-state index in [1.807, 2.05) is 118 Å². The quantitative estimate of drug-likeness (QED) is 0.148. The number of imidazole rings is 2. The molecule has 18 heteroatoms. The highest BCUT2D eigenvalue weighted by Gasteiger charge is 2.29. The molecular weight excluding hydrogens is 896 g/mol. The van der Waals surface area contributed by atoms with Gasteiger partial charge in [0.1, 0.15) is 35.0 Å². The lowest BCUT2D eigenvalue weighted by molar-refractivity contribution is 0.0389. The fourth-order valence-corrected chi connectivity index (χ4v) is 7.88. The Morgan fingerprint density at radius 1 is 0.600 bits per heavy atom. The molecule has 0 radical (unpaired) electrons. The van der Waals surface area contributed by atoms with Gasteiger partial charge < -0.3 is 28.1 Å². The summed E-state index contributed by atoms with van der Waals surface area (Å²) in [5, 5.41) is 9.36. The Hall–Kier alpha value is -6.08. The van der Waals surface area contributed by atoms with Crippen LogP contribution in [0.4, 0.5) is 0 Å². The topological polar surface area (TPSA) is 160 Å². The van der Waals surface area contributed by atoms with E-state index in [9.17, 15) is 0 Å². The molecule has 2 aliphatic heterocycles. The number of hydrogen-bond donors (Lipinski definition) is 0. The molecule has 60 heavy (non-hydrogen) atoms. The molecular formula is C42H38Br2N12O4. The zero-order chi connectivity index (χ0) is 41.3. The molecule has 16 nitrogen and oxygen atoms in total. The van der Waals surface area contributed by atoms with E-state index < -0.39 is 0 Å². The summed E-state index contributed by atoms with van der Waals surface area (Å²) in [5.74, 6) is 3.59. The number of pyridine rings is 2. The second-order valence-corrected chi connectivity index (χ2v) is 15.8. The van der Waals surface area contributed by atoms with Crippen molar-refractivity contribution in [1.82, 2.24) is 58.6 Å². The highest BCUT2D eigenvalue weighted by atomic mass is 79.9. The highest BCUT2D eigenvalue weighted by molar-refractivity contribution is 9.10. The summed E-state index contributed by atoms with van der Waals surface area (Å²) in [6.45, 7) is 6.32. The van der Waals surface area contributed by atoms with Crippen molar-refractivity contribution in [1.29, 1.82) is 0 Å². The first-order chi connectivity index (χ1) is 29.2. The minimum absolute atomic E-state index is 0.271. The van der Waals surface area contributed by atoms with Crippen molar-refractivity contribution in [3.63, 3.8) is 0 Å². The number of halogens is 2. The SMILES string of the molecule is COc1nc(-c2nc3n(n2)CCO[C@@H]3c2cccc(Br)c2)ccc1-n1cnc(C)c1.COc1nc(-c2nc3n(n2)CCO[C@H]3c2cccc(Br)c2)ccc1-n1cnc(C)c1. The van der Waals surface area contributed by atoms with Gasteiger partial charge in [-0.1, -0.05) is 56.1 Å². The summed E-state index contributed by atoms with van der Waals surface area (Å²) in [4.78, 5) is 27.4. The molecule has 0 N–H and O–H groups in total. The van der Waals surface area contributed by atoms with Gasteiger partial charge in [0.2, 0.25) is 11.8 Å². The molecule has 304 valence electrons. The maximum atomic E-state index is 6.02. The smallest absolute Gasteiger partial charge is 0.238 e. The number of aryl methyl sites for hydroxylation is 2. The molecule has 0 saturated carbocycles.